The van der Waals surface area contributed by atoms with Crippen LogP contribution < -0.4 is 4.72 Å². The molecule has 1 saturated heterocycles. The quantitative estimate of drug-likeness (QED) is 0.771. The number of nitrogens with zero attached hydrogens (tertiary/aromatic N) is 1. The highest BCUT2D eigenvalue weighted by Crippen LogP contribution is 2.22. The third-order valence-corrected chi connectivity index (χ3v) is 5.68. The SMILES string of the molecule is CC1CN(C(=O)c2ccccc2NS(=O)(=O)/C=C/c2ccc(Cl)cc2)CC(C)O1. The van der Waals surface area contributed by atoms with Crippen LogP contribution in [0.4, 0.5) is 5.69 Å². The fourth-order valence-corrected chi connectivity index (χ4v) is 4.22. The molecule has 0 saturated carbocycles. The number of morpholine rings is 1. The average Bonchev–Trinajstić information content (AvgIpc) is 2.66. The molecule has 2 aromatic carbocycles. The summed E-state index contributed by atoms with van der Waals surface area (Å²) in [5.41, 5.74) is 1.24. The van der Waals surface area contributed by atoms with Crippen LogP contribution in [0.3, 0.4) is 0 Å². The summed E-state index contributed by atoms with van der Waals surface area (Å²) in [5.74, 6) is -0.230. The van der Waals surface area contributed by atoms with Gasteiger partial charge in [-0.3, -0.25) is 9.52 Å². The summed E-state index contributed by atoms with van der Waals surface area (Å²) >= 11 is 5.84. The Kier molecular flexibility index (Phi) is 6.62. The van der Waals surface area contributed by atoms with E-state index in [2.05, 4.69) is 4.72 Å². The molecular weight excluding hydrogens is 412 g/mol. The van der Waals surface area contributed by atoms with E-state index >= 15 is 0 Å². The van der Waals surface area contributed by atoms with E-state index in [-0.39, 0.29) is 23.8 Å². The maximum Gasteiger partial charge on any atom is 0.256 e. The number of sulfonamides is 1. The fourth-order valence-electron chi connectivity index (χ4n) is 3.20. The maximum atomic E-state index is 13.0. The first-order valence-corrected chi connectivity index (χ1v) is 11.2. The number of amides is 1. The van der Waals surface area contributed by atoms with Gasteiger partial charge in [-0.05, 0) is 49.8 Å². The van der Waals surface area contributed by atoms with Gasteiger partial charge in [0.15, 0.2) is 0 Å². The molecule has 3 rings (SSSR count). The highest BCUT2D eigenvalue weighted by atomic mass is 35.5. The number of carbonyl (C=O) groups excluding carboxylic acids is 1. The van der Waals surface area contributed by atoms with Gasteiger partial charge in [0.25, 0.3) is 15.9 Å². The maximum absolute atomic E-state index is 13.0. The number of para-hydroxylation sites is 1. The van der Waals surface area contributed by atoms with Crippen molar-refractivity contribution < 1.29 is 17.9 Å². The summed E-state index contributed by atoms with van der Waals surface area (Å²) < 4.78 is 33.2. The second-order valence-electron chi connectivity index (χ2n) is 7.01. The van der Waals surface area contributed by atoms with Crippen molar-refractivity contribution >= 4 is 39.3 Å². The molecule has 1 amide bonds. The second kappa shape index (κ2) is 8.98. The highest BCUT2D eigenvalue weighted by Gasteiger charge is 2.28. The second-order valence-corrected chi connectivity index (χ2v) is 9.02. The molecule has 1 N–H and O–H groups in total. The van der Waals surface area contributed by atoms with Crippen molar-refractivity contribution in [3.63, 3.8) is 0 Å². The molecule has 0 spiro atoms. The molecule has 0 bridgehead atoms. The van der Waals surface area contributed by atoms with Crippen LogP contribution >= 0.6 is 11.6 Å². The lowest BCUT2D eigenvalue weighted by Crippen LogP contribution is -2.48. The average molecular weight is 435 g/mol. The Morgan fingerprint density at radius 2 is 1.72 bits per heavy atom. The fraction of sp³-hybridized carbons (Fsp3) is 0.286. The molecule has 2 atom stereocenters. The summed E-state index contributed by atoms with van der Waals surface area (Å²) in [6.07, 6.45) is 1.32. The molecule has 0 aromatic heterocycles. The van der Waals surface area contributed by atoms with Crippen molar-refractivity contribution in [2.45, 2.75) is 26.1 Å². The first-order chi connectivity index (χ1) is 13.7. The zero-order valence-electron chi connectivity index (χ0n) is 16.2. The molecule has 29 heavy (non-hydrogen) atoms. The number of halogens is 1. The molecule has 1 aliphatic heterocycles. The van der Waals surface area contributed by atoms with Gasteiger partial charge in [0.1, 0.15) is 0 Å². The summed E-state index contributed by atoms with van der Waals surface area (Å²) in [4.78, 5) is 14.7. The smallest absolute Gasteiger partial charge is 0.256 e. The molecule has 154 valence electrons. The zero-order valence-corrected chi connectivity index (χ0v) is 17.8. The number of anilines is 1. The Morgan fingerprint density at radius 1 is 1.10 bits per heavy atom. The Morgan fingerprint density at radius 3 is 2.38 bits per heavy atom. The van der Waals surface area contributed by atoms with Gasteiger partial charge < -0.3 is 9.64 Å². The normalized spacial score (nSPS) is 20.0. The molecule has 1 fully saturated rings. The Bertz CT molecular complexity index is 996. The first-order valence-electron chi connectivity index (χ1n) is 9.24. The zero-order chi connectivity index (χ0) is 21.0. The van der Waals surface area contributed by atoms with E-state index in [1.807, 2.05) is 13.8 Å². The summed E-state index contributed by atoms with van der Waals surface area (Å²) in [6.45, 7) is 4.74. The number of carbonyl (C=O) groups is 1. The minimum absolute atomic E-state index is 0.0751. The van der Waals surface area contributed by atoms with E-state index < -0.39 is 10.0 Å². The lowest BCUT2D eigenvalue weighted by atomic mass is 10.1. The number of hydrogen-bond acceptors (Lipinski definition) is 4. The number of hydrogen-bond donors (Lipinski definition) is 1. The summed E-state index contributed by atoms with van der Waals surface area (Å²) in [6, 6.07) is 13.4. The van der Waals surface area contributed by atoms with E-state index in [9.17, 15) is 13.2 Å². The van der Waals surface area contributed by atoms with Gasteiger partial charge in [-0.1, -0.05) is 35.9 Å². The van der Waals surface area contributed by atoms with E-state index in [0.717, 1.165) is 5.41 Å². The van der Waals surface area contributed by atoms with Crippen LogP contribution in [0.25, 0.3) is 6.08 Å². The first kappa shape index (κ1) is 21.4. The molecule has 2 unspecified atom stereocenters. The molecule has 0 aliphatic carbocycles. The van der Waals surface area contributed by atoms with Crippen molar-refractivity contribution in [2.75, 3.05) is 17.8 Å². The molecular formula is C21H23ClN2O4S. The van der Waals surface area contributed by atoms with E-state index in [1.165, 1.54) is 6.08 Å². The minimum atomic E-state index is -3.81. The summed E-state index contributed by atoms with van der Waals surface area (Å²) in [7, 11) is -3.81. The predicted octanol–water partition coefficient (Wildman–Crippen LogP) is 4.00. The van der Waals surface area contributed by atoms with Crippen molar-refractivity contribution in [3.05, 3.63) is 70.1 Å². The Balaban J connectivity index is 1.79. The largest absolute Gasteiger partial charge is 0.372 e. The monoisotopic (exact) mass is 434 g/mol. The van der Waals surface area contributed by atoms with Crippen molar-refractivity contribution in [3.8, 4) is 0 Å². The van der Waals surface area contributed by atoms with Gasteiger partial charge in [-0.15, -0.1) is 0 Å². The molecule has 1 heterocycles. The van der Waals surface area contributed by atoms with Crippen LogP contribution in [0.2, 0.25) is 5.02 Å². The van der Waals surface area contributed by atoms with Crippen molar-refractivity contribution in [1.29, 1.82) is 0 Å². The third-order valence-electron chi connectivity index (χ3n) is 4.43. The van der Waals surface area contributed by atoms with Gasteiger partial charge in [-0.2, -0.15) is 0 Å². The third kappa shape index (κ3) is 5.82. The summed E-state index contributed by atoms with van der Waals surface area (Å²) in [5, 5.41) is 1.64. The van der Waals surface area contributed by atoms with Gasteiger partial charge >= 0.3 is 0 Å². The minimum Gasteiger partial charge on any atom is -0.372 e. The Labute approximate surface area is 176 Å². The van der Waals surface area contributed by atoms with Crippen molar-refractivity contribution in [2.24, 2.45) is 0 Å². The molecule has 1 aliphatic rings. The van der Waals surface area contributed by atoms with E-state index in [1.54, 1.807) is 53.4 Å². The number of rotatable bonds is 5. The van der Waals surface area contributed by atoms with Crippen LogP contribution in [0.15, 0.2) is 53.9 Å². The molecule has 2 aromatic rings. The van der Waals surface area contributed by atoms with Crippen LogP contribution in [-0.2, 0) is 14.8 Å². The van der Waals surface area contributed by atoms with E-state index in [4.69, 9.17) is 16.3 Å². The topological polar surface area (TPSA) is 75.7 Å². The standard InChI is InChI=1S/C21H23ClN2O4S/c1-15-13-24(14-16(2)28-15)21(25)19-5-3-4-6-20(19)23-29(26,27)12-11-17-7-9-18(22)10-8-17/h3-12,15-16,23H,13-14H2,1-2H3/b12-11+. The van der Waals surface area contributed by atoms with Crippen LogP contribution in [0.1, 0.15) is 29.8 Å². The Hall–Kier alpha value is -2.35. The number of ether oxygens (including phenoxy) is 1. The van der Waals surface area contributed by atoms with Crippen LogP contribution in [-0.4, -0.2) is 44.5 Å². The van der Waals surface area contributed by atoms with Crippen LogP contribution in [0.5, 0.6) is 0 Å². The van der Waals surface area contributed by atoms with Crippen LogP contribution in [0, 0.1) is 0 Å². The number of nitrogens with one attached hydrogen (secondary N) is 1. The molecule has 8 heteroatoms. The molecule has 6 nitrogen and oxygen atoms in total. The lowest BCUT2D eigenvalue weighted by Gasteiger charge is -2.35. The van der Waals surface area contributed by atoms with Gasteiger partial charge in [-0.25, -0.2) is 8.42 Å². The predicted molar refractivity (Wildman–Crippen MR) is 115 cm³/mol. The van der Waals surface area contributed by atoms with Gasteiger partial charge in [0.2, 0.25) is 0 Å². The van der Waals surface area contributed by atoms with Crippen molar-refractivity contribution in [1.82, 2.24) is 4.90 Å². The van der Waals surface area contributed by atoms with Gasteiger partial charge in [0.05, 0.1) is 28.9 Å². The highest BCUT2D eigenvalue weighted by molar-refractivity contribution is 7.95. The molecule has 0 radical (unpaired) electrons. The lowest BCUT2D eigenvalue weighted by molar-refractivity contribution is -0.0585. The number of benzene rings is 2. The van der Waals surface area contributed by atoms with E-state index in [0.29, 0.717) is 29.2 Å². The van der Waals surface area contributed by atoms with Gasteiger partial charge in [0, 0.05) is 18.1 Å².